The number of nitrogen functional groups attached to an aromatic ring is 1. The molecule has 1 saturated heterocycles. The second-order valence-electron chi connectivity index (χ2n) is 7.85. The van der Waals surface area contributed by atoms with Gasteiger partial charge in [0.2, 0.25) is 11.8 Å². The molecule has 0 saturated carbocycles. The summed E-state index contributed by atoms with van der Waals surface area (Å²) >= 11 is 0. The lowest BCUT2D eigenvalue weighted by Gasteiger charge is -2.29. The predicted molar refractivity (Wildman–Crippen MR) is 103 cm³/mol. The summed E-state index contributed by atoms with van der Waals surface area (Å²) < 4.78 is 1.93. The zero-order chi connectivity index (χ0) is 20.1. The number of nitrogens with zero attached hydrogens (tertiary/aromatic N) is 4. The SMILES string of the molecule is Nc1cc2n(n1)CCN(Cc1cccc3c1C(=O)N(C1CCC(=O)NC1=O)C3)C2. The number of nitrogens with two attached hydrogens (primary N) is 1. The van der Waals surface area contributed by atoms with Crippen molar-refractivity contribution in [1.82, 2.24) is 24.9 Å². The molecule has 1 aromatic heterocycles. The summed E-state index contributed by atoms with van der Waals surface area (Å²) in [7, 11) is 0. The van der Waals surface area contributed by atoms with E-state index in [9.17, 15) is 14.4 Å². The smallest absolute Gasteiger partial charge is 0.255 e. The highest BCUT2D eigenvalue weighted by Gasteiger charge is 2.40. The first-order valence-corrected chi connectivity index (χ1v) is 9.79. The summed E-state index contributed by atoms with van der Waals surface area (Å²) in [6.45, 7) is 3.35. The molecule has 0 spiro atoms. The van der Waals surface area contributed by atoms with Crippen LogP contribution in [-0.4, -0.2) is 49.9 Å². The Hall–Kier alpha value is -3.20. The van der Waals surface area contributed by atoms with Crippen LogP contribution in [0.25, 0.3) is 0 Å². The Labute approximate surface area is 167 Å². The summed E-state index contributed by atoms with van der Waals surface area (Å²) in [5.74, 6) is -0.263. The van der Waals surface area contributed by atoms with E-state index < -0.39 is 6.04 Å². The van der Waals surface area contributed by atoms with Gasteiger partial charge < -0.3 is 10.6 Å². The number of amides is 3. The van der Waals surface area contributed by atoms with Crippen LogP contribution in [0.5, 0.6) is 0 Å². The number of fused-ring (bicyclic) bond motifs is 2. The van der Waals surface area contributed by atoms with Gasteiger partial charge in [0.05, 0.1) is 12.2 Å². The fourth-order valence-electron chi connectivity index (χ4n) is 4.54. The van der Waals surface area contributed by atoms with Gasteiger partial charge in [-0.05, 0) is 17.5 Å². The van der Waals surface area contributed by atoms with Crippen LogP contribution in [0.1, 0.15) is 40.0 Å². The summed E-state index contributed by atoms with van der Waals surface area (Å²) in [6, 6.07) is 7.17. The van der Waals surface area contributed by atoms with Crippen molar-refractivity contribution in [2.45, 2.75) is 45.1 Å². The number of aromatic nitrogens is 2. The largest absolute Gasteiger partial charge is 0.382 e. The van der Waals surface area contributed by atoms with Crippen molar-refractivity contribution in [1.29, 1.82) is 0 Å². The molecule has 1 atom stereocenters. The summed E-state index contributed by atoms with van der Waals surface area (Å²) in [5.41, 5.74) is 9.45. The summed E-state index contributed by atoms with van der Waals surface area (Å²) in [6.07, 6.45) is 0.630. The van der Waals surface area contributed by atoms with Gasteiger partial charge >= 0.3 is 0 Å². The van der Waals surface area contributed by atoms with Gasteiger partial charge in [-0.3, -0.25) is 29.3 Å². The number of carbonyl (C=O) groups excluding carboxylic acids is 3. The van der Waals surface area contributed by atoms with Gasteiger partial charge in [0.15, 0.2) is 0 Å². The first kappa shape index (κ1) is 17.9. The van der Waals surface area contributed by atoms with E-state index in [2.05, 4.69) is 15.3 Å². The first-order chi connectivity index (χ1) is 14.0. The molecule has 9 heteroatoms. The lowest BCUT2D eigenvalue weighted by atomic mass is 10.0. The van der Waals surface area contributed by atoms with Crippen LogP contribution >= 0.6 is 0 Å². The number of anilines is 1. The van der Waals surface area contributed by atoms with Crippen LogP contribution in [0.3, 0.4) is 0 Å². The highest BCUT2D eigenvalue weighted by Crippen LogP contribution is 2.31. The third kappa shape index (κ3) is 3.07. The number of piperidine rings is 1. The molecule has 1 aromatic carbocycles. The normalized spacial score (nSPS) is 21.9. The molecule has 2 aromatic rings. The molecule has 0 radical (unpaired) electrons. The second kappa shape index (κ2) is 6.70. The lowest BCUT2D eigenvalue weighted by Crippen LogP contribution is -2.52. The van der Waals surface area contributed by atoms with Crippen LogP contribution < -0.4 is 11.1 Å². The third-order valence-corrected chi connectivity index (χ3v) is 5.93. The Morgan fingerprint density at radius 1 is 1.17 bits per heavy atom. The molecule has 1 unspecified atom stereocenters. The number of hydrogen-bond donors (Lipinski definition) is 2. The molecule has 3 N–H and O–H groups in total. The quantitative estimate of drug-likeness (QED) is 0.721. The van der Waals surface area contributed by atoms with Gasteiger partial charge in [-0.1, -0.05) is 18.2 Å². The fourth-order valence-corrected chi connectivity index (χ4v) is 4.54. The van der Waals surface area contributed by atoms with E-state index in [0.717, 1.165) is 36.5 Å². The molecule has 0 aliphatic carbocycles. The van der Waals surface area contributed by atoms with E-state index in [1.807, 2.05) is 28.9 Å². The lowest BCUT2D eigenvalue weighted by molar-refractivity contribution is -0.136. The van der Waals surface area contributed by atoms with E-state index in [1.54, 1.807) is 4.90 Å². The van der Waals surface area contributed by atoms with Crippen molar-refractivity contribution >= 4 is 23.5 Å². The second-order valence-corrected chi connectivity index (χ2v) is 7.85. The Bertz CT molecular complexity index is 1030. The molecule has 9 nitrogen and oxygen atoms in total. The maximum absolute atomic E-state index is 13.2. The first-order valence-electron chi connectivity index (χ1n) is 9.79. The Balaban J connectivity index is 1.36. The number of imide groups is 1. The molecule has 29 heavy (non-hydrogen) atoms. The minimum Gasteiger partial charge on any atom is -0.382 e. The van der Waals surface area contributed by atoms with Gasteiger partial charge in [0, 0.05) is 44.2 Å². The van der Waals surface area contributed by atoms with Crippen LogP contribution in [0.15, 0.2) is 24.3 Å². The number of benzene rings is 1. The molecule has 0 bridgehead atoms. The molecule has 3 aliphatic rings. The maximum atomic E-state index is 13.2. The topological polar surface area (TPSA) is 114 Å². The Morgan fingerprint density at radius 2 is 2.03 bits per heavy atom. The molecule has 3 aliphatic heterocycles. The molecule has 3 amide bonds. The monoisotopic (exact) mass is 394 g/mol. The van der Waals surface area contributed by atoms with Crippen molar-refractivity contribution in [3.63, 3.8) is 0 Å². The maximum Gasteiger partial charge on any atom is 0.255 e. The van der Waals surface area contributed by atoms with Crippen LogP contribution in [0.2, 0.25) is 0 Å². The zero-order valence-electron chi connectivity index (χ0n) is 15.9. The molecule has 1 fully saturated rings. The minimum atomic E-state index is -0.590. The van der Waals surface area contributed by atoms with Crippen molar-refractivity contribution in [2.75, 3.05) is 12.3 Å². The van der Waals surface area contributed by atoms with Gasteiger partial charge in [-0.2, -0.15) is 5.10 Å². The van der Waals surface area contributed by atoms with E-state index in [1.165, 1.54) is 0 Å². The van der Waals surface area contributed by atoms with Gasteiger partial charge in [-0.15, -0.1) is 0 Å². The number of rotatable bonds is 3. The minimum absolute atomic E-state index is 0.128. The van der Waals surface area contributed by atoms with E-state index in [0.29, 0.717) is 30.9 Å². The molecule has 4 heterocycles. The molecular weight excluding hydrogens is 372 g/mol. The Kier molecular flexibility index (Phi) is 4.13. The standard InChI is InChI=1S/C20H22N6O3/c21-16-8-14-11-24(6-7-26(14)23-16)9-12-2-1-3-13-10-25(20(29)18(12)13)15-4-5-17(27)22-19(15)28/h1-3,8,15H,4-7,9-11H2,(H2,21,23)(H,22,27,28). The van der Waals surface area contributed by atoms with Crippen LogP contribution in [-0.2, 0) is 35.8 Å². The number of hydrogen-bond acceptors (Lipinski definition) is 6. The van der Waals surface area contributed by atoms with Crippen LogP contribution in [0, 0.1) is 0 Å². The average molecular weight is 394 g/mol. The van der Waals surface area contributed by atoms with E-state index in [4.69, 9.17) is 5.73 Å². The Morgan fingerprint density at radius 3 is 2.86 bits per heavy atom. The van der Waals surface area contributed by atoms with E-state index in [-0.39, 0.29) is 24.1 Å². The summed E-state index contributed by atoms with van der Waals surface area (Å²) in [5, 5.41) is 6.63. The highest BCUT2D eigenvalue weighted by atomic mass is 16.2. The predicted octanol–water partition coefficient (Wildman–Crippen LogP) is 0.242. The van der Waals surface area contributed by atoms with Crippen molar-refractivity contribution in [3.05, 3.63) is 46.6 Å². The van der Waals surface area contributed by atoms with Crippen molar-refractivity contribution < 1.29 is 14.4 Å². The number of carbonyl (C=O) groups is 3. The number of nitrogens with one attached hydrogen (secondary N) is 1. The third-order valence-electron chi connectivity index (χ3n) is 5.93. The highest BCUT2D eigenvalue weighted by molar-refractivity contribution is 6.05. The van der Waals surface area contributed by atoms with Crippen molar-refractivity contribution in [2.24, 2.45) is 0 Å². The molecule has 5 rings (SSSR count). The van der Waals surface area contributed by atoms with Gasteiger partial charge in [0.1, 0.15) is 11.9 Å². The van der Waals surface area contributed by atoms with Crippen LogP contribution in [0.4, 0.5) is 5.82 Å². The molecule has 150 valence electrons. The van der Waals surface area contributed by atoms with Gasteiger partial charge in [0.25, 0.3) is 5.91 Å². The molecular formula is C20H22N6O3. The van der Waals surface area contributed by atoms with Gasteiger partial charge in [-0.25, -0.2) is 0 Å². The zero-order valence-corrected chi connectivity index (χ0v) is 15.9. The van der Waals surface area contributed by atoms with E-state index >= 15 is 0 Å². The average Bonchev–Trinajstić information content (AvgIpc) is 3.21. The fraction of sp³-hybridized carbons (Fsp3) is 0.400. The summed E-state index contributed by atoms with van der Waals surface area (Å²) in [4.78, 5) is 40.8. The van der Waals surface area contributed by atoms with Crippen molar-refractivity contribution in [3.8, 4) is 0 Å².